The molecule has 0 atom stereocenters. The summed E-state index contributed by atoms with van der Waals surface area (Å²) >= 11 is 0. The van der Waals surface area contributed by atoms with Crippen LogP contribution in [0.4, 0.5) is 11.4 Å². The van der Waals surface area contributed by atoms with Crippen LogP contribution in [0.5, 0.6) is 0 Å². The SMILES string of the molecule is Cc1cccc([N+](=O)[O-])c1C(=O)Nc1ccc(C=O)cc1. The molecule has 0 radical (unpaired) electrons. The van der Waals surface area contributed by atoms with Crippen molar-refractivity contribution in [3.05, 3.63) is 69.3 Å². The molecule has 0 saturated heterocycles. The normalized spacial score (nSPS) is 9.95. The van der Waals surface area contributed by atoms with E-state index < -0.39 is 10.8 Å². The highest BCUT2D eigenvalue weighted by atomic mass is 16.6. The van der Waals surface area contributed by atoms with Crippen LogP contribution in [0.15, 0.2) is 42.5 Å². The number of nitrogens with zero attached hydrogens (tertiary/aromatic N) is 1. The van der Waals surface area contributed by atoms with E-state index in [1.807, 2.05) is 0 Å². The van der Waals surface area contributed by atoms with Crippen LogP contribution < -0.4 is 5.32 Å². The van der Waals surface area contributed by atoms with E-state index in [-0.39, 0.29) is 11.3 Å². The zero-order valence-electron chi connectivity index (χ0n) is 11.2. The van der Waals surface area contributed by atoms with Crippen LogP contribution >= 0.6 is 0 Å². The molecular weight excluding hydrogens is 272 g/mol. The molecule has 2 aromatic rings. The fourth-order valence-corrected chi connectivity index (χ4v) is 1.94. The molecule has 106 valence electrons. The summed E-state index contributed by atoms with van der Waals surface area (Å²) in [6.45, 7) is 1.64. The van der Waals surface area contributed by atoms with E-state index in [1.165, 1.54) is 12.1 Å². The number of nitrogens with one attached hydrogen (secondary N) is 1. The minimum Gasteiger partial charge on any atom is -0.322 e. The molecule has 6 heteroatoms. The van der Waals surface area contributed by atoms with Crippen LogP contribution in [0.2, 0.25) is 0 Å². The van der Waals surface area contributed by atoms with Gasteiger partial charge in [0.25, 0.3) is 11.6 Å². The van der Waals surface area contributed by atoms with E-state index in [9.17, 15) is 19.7 Å². The van der Waals surface area contributed by atoms with Gasteiger partial charge >= 0.3 is 0 Å². The second-order valence-corrected chi connectivity index (χ2v) is 4.42. The fourth-order valence-electron chi connectivity index (χ4n) is 1.94. The van der Waals surface area contributed by atoms with Crippen molar-refractivity contribution >= 4 is 23.6 Å². The maximum absolute atomic E-state index is 12.2. The third kappa shape index (κ3) is 3.11. The molecule has 0 fully saturated rings. The van der Waals surface area contributed by atoms with Crippen LogP contribution in [-0.4, -0.2) is 17.1 Å². The smallest absolute Gasteiger partial charge is 0.282 e. The van der Waals surface area contributed by atoms with Gasteiger partial charge in [-0.3, -0.25) is 19.7 Å². The number of carbonyl (C=O) groups is 2. The molecule has 21 heavy (non-hydrogen) atoms. The molecule has 0 aliphatic rings. The maximum Gasteiger partial charge on any atom is 0.282 e. The maximum atomic E-state index is 12.2. The van der Waals surface area contributed by atoms with Crippen molar-refractivity contribution in [1.82, 2.24) is 0 Å². The molecule has 0 bridgehead atoms. The summed E-state index contributed by atoms with van der Waals surface area (Å²) in [6, 6.07) is 10.7. The molecule has 0 aliphatic carbocycles. The highest BCUT2D eigenvalue weighted by Gasteiger charge is 2.22. The number of amides is 1. The molecule has 2 aromatic carbocycles. The number of hydrogen-bond donors (Lipinski definition) is 1. The first-order valence-corrected chi connectivity index (χ1v) is 6.13. The fraction of sp³-hybridized carbons (Fsp3) is 0.0667. The Bertz CT molecular complexity index is 708. The molecule has 0 heterocycles. The van der Waals surface area contributed by atoms with Crippen LogP contribution in [0.3, 0.4) is 0 Å². The Hall–Kier alpha value is -3.02. The van der Waals surface area contributed by atoms with Crippen molar-refractivity contribution < 1.29 is 14.5 Å². The highest BCUT2D eigenvalue weighted by molar-refractivity contribution is 6.08. The van der Waals surface area contributed by atoms with E-state index in [4.69, 9.17) is 0 Å². The van der Waals surface area contributed by atoms with Crippen molar-refractivity contribution in [2.24, 2.45) is 0 Å². The highest BCUT2D eigenvalue weighted by Crippen LogP contribution is 2.23. The van der Waals surface area contributed by atoms with Crippen LogP contribution in [0, 0.1) is 17.0 Å². The number of hydrogen-bond acceptors (Lipinski definition) is 4. The van der Waals surface area contributed by atoms with Gasteiger partial charge in [-0.15, -0.1) is 0 Å². The van der Waals surface area contributed by atoms with Crippen LogP contribution in [0.1, 0.15) is 26.3 Å². The van der Waals surface area contributed by atoms with E-state index >= 15 is 0 Å². The molecular formula is C15H12N2O4. The molecule has 6 nitrogen and oxygen atoms in total. The predicted molar refractivity (Wildman–Crippen MR) is 77.6 cm³/mol. The minimum atomic E-state index is -0.586. The molecule has 0 spiro atoms. The first-order chi connectivity index (χ1) is 10.0. The summed E-state index contributed by atoms with van der Waals surface area (Å²) in [7, 11) is 0. The van der Waals surface area contributed by atoms with E-state index in [2.05, 4.69) is 5.32 Å². The van der Waals surface area contributed by atoms with Crippen LogP contribution in [0.25, 0.3) is 0 Å². The Labute approximate surface area is 120 Å². The number of carbonyl (C=O) groups excluding carboxylic acids is 2. The molecule has 0 unspecified atom stereocenters. The number of anilines is 1. The average molecular weight is 284 g/mol. The Balaban J connectivity index is 2.31. The molecule has 2 rings (SSSR count). The monoisotopic (exact) mass is 284 g/mol. The zero-order chi connectivity index (χ0) is 15.4. The first kappa shape index (κ1) is 14.4. The van der Waals surface area contributed by atoms with Gasteiger partial charge in [0.1, 0.15) is 11.8 Å². The van der Waals surface area contributed by atoms with E-state index in [1.54, 1.807) is 37.3 Å². The molecule has 0 aliphatic heterocycles. The van der Waals surface area contributed by atoms with Crippen molar-refractivity contribution in [2.45, 2.75) is 6.92 Å². The standard InChI is InChI=1S/C15H12N2O4/c1-10-3-2-4-13(17(20)21)14(10)15(19)16-12-7-5-11(9-18)6-8-12/h2-9H,1H3,(H,16,19). The third-order valence-electron chi connectivity index (χ3n) is 2.98. The number of nitro benzene ring substituents is 1. The lowest BCUT2D eigenvalue weighted by atomic mass is 10.1. The molecule has 0 aromatic heterocycles. The summed E-state index contributed by atoms with van der Waals surface area (Å²) < 4.78 is 0. The summed E-state index contributed by atoms with van der Waals surface area (Å²) in [4.78, 5) is 33.2. The van der Waals surface area contributed by atoms with Crippen molar-refractivity contribution in [3.63, 3.8) is 0 Å². The topological polar surface area (TPSA) is 89.3 Å². The number of rotatable bonds is 4. The third-order valence-corrected chi connectivity index (χ3v) is 2.98. The zero-order valence-corrected chi connectivity index (χ0v) is 11.2. The lowest BCUT2D eigenvalue weighted by Crippen LogP contribution is -2.15. The van der Waals surface area contributed by atoms with Gasteiger partial charge in [-0.1, -0.05) is 12.1 Å². The second-order valence-electron chi connectivity index (χ2n) is 4.42. The molecule has 1 amide bonds. The van der Waals surface area contributed by atoms with Crippen LogP contribution in [-0.2, 0) is 0 Å². The van der Waals surface area contributed by atoms with Crippen molar-refractivity contribution in [3.8, 4) is 0 Å². The van der Waals surface area contributed by atoms with Crippen molar-refractivity contribution in [2.75, 3.05) is 5.32 Å². The quantitative estimate of drug-likeness (QED) is 0.531. The summed E-state index contributed by atoms with van der Waals surface area (Å²) in [5.74, 6) is -0.557. The lowest BCUT2D eigenvalue weighted by Gasteiger charge is -2.08. The van der Waals surface area contributed by atoms with Gasteiger partial charge in [-0.05, 0) is 36.8 Å². The van der Waals surface area contributed by atoms with Crippen molar-refractivity contribution in [1.29, 1.82) is 0 Å². The first-order valence-electron chi connectivity index (χ1n) is 6.13. The average Bonchev–Trinajstić information content (AvgIpc) is 2.47. The number of aryl methyl sites for hydroxylation is 1. The molecule has 1 N–H and O–H groups in total. The number of nitro groups is 1. The lowest BCUT2D eigenvalue weighted by molar-refractivity contribution is -0.385. The summed E-state index contributed by atoms with van der Waals surface area (Å²) in [5, 5.41) is 13.6. The van der Waals surface area contributed by atoms with E-state index in [0.29, 0.717) is 23.1 Å². The van der Waals surface area contributed by atoms with Gasteiger partial charge in [-0.25, -0.2) is 0 Å². The minimum absolute atomic E-state index is 0.0296. The molecule has 0 saturated carbocycles. The van der Waals surface area contributed by atoms with Gasteiger partial charge in [-0.2, -0.15) is 0 Å². The van der Waals surface area contributed by atoms with E-state index in [0.717, 1.165) is 0 Å². The Morgan fingerprint density at radius 1 is 1.19 bits per heavy atom. The summed E-state index contributed by atoms with van der Waals surface area (Å²) in [6.07, 6.45) is 0.692. The van der Waals surface area contributed by atoms with Gasteiger partial charge in [0.2, 0.25) is 0 Å². The van der Waals surface area contributed by atoms with Gasteiger partial charge in [0, 0.05) is 17.3 Å². The Kier molecular flexibility index (Phi) is 4.08. The Morgan fingerprint density at radius 3 is 2.43 bits per heavy atom. The predicted octanol–water partition coefficient (Wildman–Crippen LogP) is 2.97. The number of aldehydes is 1. The largest absolute Gasteiger partial charge is 0.322 e. The summed E-state index contributed by atoms with van der Waals surface area (Å²) in [5.41, 5.74) is 1.25. The van der Waals surface area contributed by atoms with Gasteiger partial charge in [0.15, 0.2) is 0 Å². The second kappa shape index (κ2) is 5.96. The Morgan fingerprint density at radius 2 is 1.86 bits per heavy atom. The van der Waals surface area contributed by atoms with Gasteiger partial charge < -0.3 is 5.32 Å². The van der Waals surface area contributed by atoms with Gasteiger partial charge in [0.05, 0.1) is 4.92 Å². The number of benzene rings is 2.